The number of carbonyl (C=O) groups excluding carboxylic acids is 3. The van der Waals surface area contributed by atoms with Crippen LogP contribution in [0.1, 0.15) is 24.0 Å². The summed E-state index contributed by atoms with van der Waals surface area (Å²) in [4.78, 5) is 37.8. The molecule has 1 heterocycles. The molecule has 0 radical (unpaired) electrons. The van der Waals surface area contributed by atoms with Gasteiger partial charge >= 0.3 is 0 Å². The predicted molar refractivity (Wildman–Crippen MR) is 123 cm³/mol. The SMILES string of the molecule is NC(=O)C1=C(O)[C@@]2(O)C(=O)C3=C(O)c4c(O)ccc(-c5ccc6c(c5)OCO6)c4C[C@H]3C[C@H]2CC1=O. The van der Waals surface area contributed by atoms with E-state index < -0.39 is 52.0 Å². The van der Waals surface area contributed by atoms with Gasteiger partial charge in [0.05, 0.1) is 5.56 Å². The number of benzene rings is 2. The lowest BCUT2D eigenvalue weighted by atomic mass is 9.59. The Morgan fingerprint density at radius 3 is 2.53 bits per heavy atom. The third kappa shape index (κ3) is 2.78. The second-order valence-corrected chi connectivity index (χ2v) is 9.46. The first-order valence-corrected chi connectivity index (χ1v) is 11.3. The number of primary amides is 1. The van der Waals surface area contributed by atoms with Gasteiger partial charge in [-0.2, -0.15) is 0 Å². The van der Waals surface area contributed by atoms with Crippen molar-refractivity contribution in [3.05, 3.63) is 58.4 Å². The Kier molecular flexibility index (Phi) is 4.52. The standard InChI is InChI=1S/C26H21NO9/c27-25(33)21-16(29)8-12-5-11-6-14-13(10-1-4-17-18(7-10)36-9-35-17)2-3-15(28)20(14)22(30)19(11)23(31)26(12,34)24(21)32/h1-4,7,11-12,28,30,32,34H,5-6,8-9H2,(H2,27,33)/t11-,12+,26+/m1/s1. The fourth-order valence-electron chi connectivity index (χ4n) is 5.96. The largest absolute Gasteiger partial charge is 0.508 e. The number of hydrogen-bond acceptors (Lipinski definition) is 9. The number of carbonyl (C=O) groups is 3. The summed E-state index contributed by atoms with van der Waals surface area (Å²) in [6.07, 6.45) is -0.0806. The molecule has 184 valence electrons. The maximum atomic E-state index is 13.6. The molecule has 0 spiro atoms. The zero-order valence-electron chi connectivity index (χ0n) is 18.8. The quantitative estimate of drug-likeness (QED) is 0.392. The topological polar surface area (TPSA) is 177 Å². The smallest absolute Gasteiger partial charge is 0.255 e. The average molecular weight is 491 g/mol. The van der Waals surface area contributed by atoms with Gasteiger partial charge in [0.1, 0.15) is 22.8 Å². The van der Waals surface area contributed by atoms with Gasteiger partial charge in [0.15, 0.2) is 22.9 Å². The van der Waals surface area contributed by atoms with Crippen molar-refractivity contribution in [2.45, 2.75) is 24.9 Å². The van der Waals surface area contributed by atoms with Gasteiger partial charge in [-0.3, -0.25) is 14.4 Å². The van der Waals surface area contributed by atoms with Crippen LogP contribution in [0.25, 0.3) is 16.9 Å². The van der Waals surface area contributed by atoms with Crippen molar-refractivity contribution in [2.24, 2.45) is 17.6 Å². The van der Waals surface area contributed by atoms with Gasteiger partial charge in [-0.1, -0.05) is 12.1 Å². The van der Waals surface area contributed by atoms with E-state index in [-0.39, 0.29) is 42.9 Å². The van der Waals surface area contributed by atoms with Gasteiger partial charge in [0.25, 0.3) is 5.91 Å². The highest BCUT2D eigenvalue weighted by Gasteiger charge is 2.60. The maximum Gasteiger partial charge on any atom is 0.255 e. The van der Waals surface area contributed by atoms with Crippen molar-refractivity contribution < 1.29 is 44.3 Å². The van der Waals surface area contributed by atoms with E-state index in [0.29, 0.717) is 22.6 Å². The summed E-state index contributed by atoms with van der Waals surface area (Å²) in [6.45, 7) is 0.103. The maximum absolute atomic E-state index is 13.6. The lowest BCUT2D eigenvalue weighted by molar-refractivity contribution is -0.147. The minimum absolute atomic E-state index is 0.0392. The predicted octanol–water partition coefficient (Wildman–Crippen LogP) is 1.82. The third-order valence-corrected chi connectivity index (χ3v) is 7.63. The number of ether oxygens (including phenoxy) is 2. The van der Waals surface area contributed by atoms with E-state index in [1.54, 1.807) is 18.2 Å². The number of phenolic OH excluding ortho intramolecular Hbond substituents is 1. The summed E-state index contributed by atoms with van der Waals surface area (Å²) in [5.41, 5.74) is 3.69. The zero-order valence-corrected chi connectivity index (χ0v) is 18.8. The fraction of sp³-hybridized carbons (Fsp3) is 0.269. The van der Waals surface area contributed by atoms with E-state index >= 15 is 0 Å². The van der Waals surface area contributed by atoms with E-state index in [0.717, 1.165) is 5.56 Å². The van der Waals surface area contributed by atoms with E-state index in [4.69, 9.17) is 15.2 Å². The van der Waals surface area contributed by atoms with Crippen molar-refractivity contribution in [3.63, 3.8) is 0 Å². The summed E-state index contributed by atoms with van der Waals surface area (Å²) in [7, 11) is 0. The highest BCUT2D eigenvalue weighted by Crippen LogP contribution is 2.53. The van der Waals surface area contributed by atoms with Gasteiger partial charge in [0.2, 0.25) is 12.6 Å². The molecule has 4 aliphatic rings. The van der Waals surface area contributed by atoms with Gasteiger partial charge < -0.3 is 35.6 Å². The van der Waals surface area contributed by atoms with E-state index in [1.807, 2.05) is 6.07 Å². The highest BCUT2D eigenvalue weighted by molar-refractivity contribution is 6.22. The molecule has 10 heteroatoms. The molecular weight excluding hydrogens is 470 g/mol. The monoisotopic (exact) mass is 491 g/mol. The Hall–Kier alpha value is -4.31. The zero-order chi connectivity index (χ0) is 25.5. The van der Waals surface area contributed by atoms with Crippen molar-refractivity contribution >= 4 is 23.2 Å². The van der Waals surface area contributed by atoms with Crippen LogP contribution in [0.4, 0.5) is 0 Å². The first kappa shape index (κ1) is 22.2. The second kappa shape index (κ2) is 7.34. The molecule has 0 unspecified atom stereocenters. The number of rotatable bonds is 2. The number of aliphatic hydroxyl groups excluding tert-OH is 2. The molecule has 2 aromatic rings. The lowest BCUT2D eigenvalue weighted by Crippen LogP contribution is -2.58. The van der Waals surface area contributed by atoms with E-state index in [2.05, 4.69) is 0 Å². The molecule has 6 N–H and O–H groups in total. The van der Waals surface area contributed by atoms with Crippen LogP contribution >= 0.6 is 0 Å². The number of aliphatic hydroxyl groups is 3. The van der Waals surface area contributed by atoms with Crippen LogP contribution in [0.3, 0.4) is 0 Å². The average Bonchev–Trinajstić information content (AvgIpc) is 3.29. The van der Waals surface area contributed by atoms with Crippen LogP contribution < -0.4 is 15.2 Å². The molecule has 6 rings (SSSR count). The Labute approximate surface area is 203 Å². The van der Waals surface area contributed by atoms with Crippen molar-refractivity contribution in [3.8, 4) is 28.4 Å². The van der Waals surface area contributed by atoms with Gasteiger partial charge in [-0.05, 0) is 53.6 Å². The number of fused-ring (bicyclic) bond motifs is 4. The van der Waals surface area contributed by atoms with Crippen LogP contribution in [-0.4, -0.2) is 50.3 Å². The number of phenols is 1. The summed E-state index contributed by atoms with van der Waals surface area (Å²) in [5, 5.41) is 43.8. The van der Waals surface area contributed by atoms with Gasteiger partial charge in [-0.15, -0.1) is 0 Å². The molecule has 1 saturated carbocycles. The molecule has 0 aromatic heterocycles. The van der Waals surface area contributed by atoms with Crippen LogP contribution in [0.2, 0.25) is 0 Å². The Balaban J connectivity index is 1.52. The molecule has 2 aromatic carbocycles. The molecule has 3 atom stereocenters. The van der Waals surface area contributed by atoms with Crippen LogP contribution in [0.15, 0.2) is 47.2 Å². The molecule has 36 heavy (non-hydrogen) atoms. The number of aromatic hydroxyl groups is 1. The third-order valence-electron chi connectivity index (χ3n) is 7.63. The number of nitrogens with two attached hydrogens (primary N) is 1. The van der Waals surface area contributed by atoms with Crippen molar-refractivity contribution in [1.29, 1.82) is 0 Å². The number of Topliss-reactive ketones (excluding diaryl/α,β-unsaturated/α-hetero) is 2. The van der Waals surface area contributed by atoms with E-state index in [9.17, 15) is 34.8 Å². The van der Waals surface area contributed by atoms with Crippen molar-refractivity contribution in [2.75, 3.05) is 6.79 Å². The Bertz CT molecular complexity index is 1470. The van der Waals surface area contributed by atoms with Crippen LogP contribution in [0, 0.1) is 11.8 Å². The van der Waals surface area contributed by atoms with Gasteiger partial charge in [0, 0.05) is 17.9 Å². The summed E-state index contributed by atoms with van der Waals surface area (Å²) in [6, 6.07) is 8.44. The first-order valence-electron chi connectivity index (χ1n) is 11.3. The Morgan fingerprint density at radius 2 is 1.78 bits per heavy atom. The lowest BCUT2D eigenvalue weighted by Gasteiger charge is -2.46. The second-order valence-electron chi connectivity index (χ2n) is 9.46. The molecule has 1 fully saturated rings. The minimum Gasteiger partial charge on any atom is -0.508 e. The van der Waals surface area contributed by atoms with Crippen LogP contribution in [-0.2, 0) is 20.8 Å². The minimum atomic E-state index is -2.58. The number of ketones is 2. The summed E-state index contributed by atoms with van der Waals surface area (Å²) in [5.74, 6) is -5.40. The molecular formula is C26H21NO9. The Morgan fingerprint density at radius 1 is 1.03 bits per heavy atom. The normalized spacial score (nSPS) is 26.5. The number of amides is 1. The van der Waals surface area contributed by atoms with Crippen LogP contribution in [0.5, 0.6) is 17.2 Å². The summed E-state index contributed by atoms with van der Waals surface area (Å²) >= 11 is 0. The first-order chi connectivity index (χ1) is 17.1. The molecule has 3 aliphatic carbocycles. The van der Waals surface area contributed by atoms with Crippen molar-refractivity contribution in [1.82, 2.24) is 0 Å². The molecule has 1 amide bonds. The van der Waals surface area contributed by atoms with E-state index in [1.165, 1.54) is 6.07 Å². The molecule has 0 bridgehead atoms. The summed E-state index contributed by atoms with van der Waals surface area (Å²) < 4.78 is 10.8. The molecule has 10 nitrogen and oxygen atoms in total. The molecule has 0 saturated heterocycles. The fourth-order valence-corrected chi connectivity index (χ4v) is 5.96. The molecule has 1 aliphatic heterocycles. The highest BCUT2D eigenvalue weighted by atomic mass is 16.7. The number of hydrogen-bond donors (Lipinski definition) is 5. The van der Waals surface area contributed by atoms with Gasteiger partial charge in [-0.25, -0.2) is 0 Å².